The summed E-state index contributed by atoms with van der Waals surface area (Å²) in [6, 6.07) is 8.65. The van der Waals surface area contributed by atoms with Crippen molar-refractivity contribution in [2.24, 2.45) is 4.99 Å². The van der Waals surface area contributed by atoms with E-state index in [4.69, 9.17) is 44.3 Å². The number of nitrogens with zero attached hydrogens (tertiary/aromatic N) is 1. The molecule has 5 nitrogen and oxygen atoms in total. The average molecular weight is 486 g/mol. The molecule has 0 saturated carbocycles. The van der Waals surface area contributed by atoms with E-state index in [1.54, 1.807) is 36.4 Å². The van der Waals surface area contributed by atoms with E-state index >= 15 is 0 Å². The molecule has 1 amide bonds. The van der Waals surface area contributed by atoms with E-state index in [1.807, 2.05) is 20.8 Å². The van der Waals surface area contributed by atoms with Gasteiger partial charge in [0.15, 0.2) is 16.7 Å². The molecule has 2 aromatic rings. The molecule has 30 heavy (non-hydrogen) atoms. The molecule has 0 spiro atoms. The number of carbonyl (C=O) groups excluding carboxylic acids is 1. The first-order chi connectivity index (χ1) is 14.3. The summed E-state index contributed by atoms with van der Waals surface area (Å²) in [7, 11) is 0. The summed E-state index contributed by atoms with van der Waals surface area (Å²) in [4.78, 5) is 17.3. The lowest BCUT2D eigenvalue weighted by atomic mass is 10.1. The van der Waals surface area contributed by atoms with Crippen LogP contribution in [0.25, 0.3) is 6.08 Å². The first-order valence-electron chi connectivity index (χ1n) is 9.15. The number of aliphatic imine (C=N–C) groups is 1. The van der Waals surface area contributed by atoms with Gasteiger partial charge in [0.2, 0.25) is 0 Å². The Kier molecular flexibility index (Phi) is 7.58. The van der Waals surface area contributed by atoms with E-state index in [0.29, 0.717) is 54.5 Å². The molecule has 1 aliphatic heterocycles. The Morgan fingerprint density at radius 2 is 1.97 bits per heavy atom. The van der Waals surface area contributed by atoms with Gasteiger partial charge in [0.1, 0.15) is 0 Å². The number of amidine groups is 1. The number of halogens is 3. The van der Waals surface area contributed by atoms with Crippen LogP contribution in [0, 0.1) is 0 Å². The Hall–Kier alpha value is -1.86. The summed E-state index contributed by atoms with van der Waals surface area (Å²) in [5, 5.41) is 4.26. The number of hydrogen-bond donors (Lipinski definition) is 1. The van der Waals surface area contributed by atoms with Crippen LogP contribution in [0.1, 0.15) is 26.3 Å². The molecule has 9 heteroatoms. The topological polar surface area (TPSA) is 59.9 Å². The van der Waals surface area contributed by atoms with Crippen molar-refractivity contribution in [1.29, 1.82) is 0 Å². The minimum absolute atomic E-state index is 0.0563. The molecule has 3 rings (SSSR count). The molecule has 2 aromatic carbocycles. The average Bonchev–Trinajstić information content (AvgIpc) is 3.01. The van der Waals surface area contributed by atoms with Gasteiger partial charge in [0.05, 0.1) is 38.4 Å². The van der Waals surface area contributed by atoms with Gasteiger partial charge in [-0.3, -0.25) is 4.79 Å². The third-order valence-electron chi connectivity index (χ3n) is 3.79. The van der Waals surface area contributed by atoms with Crippen LogP contribution in [-0.4, -0.2) is 23.8 Å². The predicted octanol–water partition coefficient (Wildman–Crippen LogP) is 6.72. The van der Waals surface area contributed by atoms with Gasteiger partial charge in [-0.25, -0.2) is 4.99 Å². The number of nitrogens with one attached hydrogen (secondary N) is 1. The Morgan fingerprint density at radius 1 is 1.20 bits per heavy atom. The van der Waals surface area contributed by atoms with Crippen molar-refractivity contribution in [3.8, 4) is 11.5 Å². The summed E-state index contributed by atoms with van der Waals surface area (Å²) in [5.41, 5.74) is 1.18. The molecule has 1 N–H and O–H groups in total. The van der Waals surface area contributed by atoms with E-state index in [0.717, 1.165) is 0 Å². The van der Waals surface area contributed by atoms with Gasteiger partial charge in [0, 0.05) is 0 Å². The minimum atomic E-state index is -0.270. The van der Waals surface area contributed by atoms with Crippen molar-refractivity contribution < 1.29 is 14.3 Å². The second-order valence-electron chi connectivity index (χ2n) is 6.48. The number of thioether (sulfide) groups is 1. The van der Waals surface area contributed by atoms with Crippen LogP contribution < -0.4 is 14.8 Å². The highest BCUT2D eigenvalue weighted by molar-refractivity contribution is 8.18. The summed E-state index contributed by atoms with van der Waals surface area (Å²) < 4.78 is 11.5. The highest BCUT2D eigenvalue weighted by Crippen LogP contribution is 2.39. The third-order valence-corrected chi connectivity index (χ3v) is 5.79. The molecule has 0 radical (unpaired) electrons. The monoisotopic (exact) mass is 484 g/mol. The molecule has 1 aliphatic rings. The molecule has 0 atom stereocenters. The molecule has 0 aromatic heterocycles. The van der Waals surface area contributed by atoms with Crippen LogP contribution in [0.4, 0.5) is 5.69 Å². The zero-order valence-electron chi connectivity index (χ0n) is 16.5. The highest BCUT2D eigenvalue weighted by atomic mass is 35.5. The largest absolute Gasteiger partial charge is 0.490 e. The smallest absolute Gasteiger partial charge is 0.264 e. The van der Waals surface area contributed by atoms with Gasteiger partial charge < -0.3 is 14.8 Å². The van der Waals surface area contributed by atoms with Gasteiger partial charge in [-0.15, -0.1) is 0 Å². The van der Waals surface area contributed by atoms with E-state index in [9.17, 15) is 4.79 Å². The number of carbonyl (C=O) groups is 1. The van der Waals surface area contributed by atoms with Crippen molar-refractivity contribution in [2.45, 2.75) is 26.9 Å². The maximum absolute atomic E-state index is 12.4. The van der Waals surface area contributed by atoms with Crippen LogP contribution in [0.15, 0.2) is 40.2 Å². The van der Waals surface area contributed by atoms with Crippen molar-refractivity contribution in [3.05, 3.63) is 55.9 Å². The number of rotatable bonds is 6. The lowest BCUT2D eigenvalue weighted by Gasteiger charge is -2.16. The van der Waals surface area contributed by atoms with Crippen LogP contribution in [0.5, 0.6) is 11.5 Å². The first-order valence-corrected chi connectivity index (χ1v) is 11.1. The second-order valence-corrected chi connectivity index (χ2v) is 8.71. The zero-order valence-corrected chi connectivity index (χ0v) is 19.5. The van der Waals surface area contributed by atoms with Crippen molar-refractivity contribution >= 4 is 69.4 Å². The Bertz CT molecular complexity index is 1040. The van der Waals surface area contributed by atoms with Gasteiger partial charge in [-0.1, -0.05) is 40.9 Å². The maximum Gasteiger partial charge on any atom is 0.264 e. The minimum Gasteiger partial charge on any atom is -0.490 e. The van der Waals surface area contributed by atoms with Crippen LogP contribution in [0.3, 0.4) is 0 Å². The zero-order chi connectivity index (χ0) is 21.8. The van der Waals surface area contributed by atoms with Crippen molar-refractivity contribution in [3.63, 3.8) is 0 Å². The fourth-order valence-corrected chi connectivity index (χ4v) is 4.04. The predicted molar refractivity (Wildman–Crippen MR) is 126 cm³/mol. The number of hydrogen-bond acceptors (Lipinski definition) is 5. The van der Waals surface area contributed by atoms with Gasteiger partial charge >= 0.3 is 0 Å². The summed E-state index contributed by atoms with van der Waals surface area (Å²) >= 11 is 19.8. The van der Waals surface area contributed by atoms with Crippen molar-refractivity contribution in [2.75, 3.05) is 6.61 Å². The fraction of sp³-hybridized carbons (Fsp3) is 0.238. The number of benzene rings is 2. The van der Waals surface area contributed by atoms with Gasteiger partial charge in [0.25, 0.3) is 5.91 Å². The van der Waals surface area contributed by atoms with E-state index in [1.165, 1.54) is 11.8 Å². The second kappa shape index (κ2) is 9.96. The SMILES string of the molecule is CCOc1cc(/C=C2/SC(=Nc3cccc(Cl)c3Cl)NC2=O)cc(Cl)c1OC(C)C. The first kappa shape index (κ1) is 22.8. The summed E-state index contributed by atoms with van der Waals surface area (Å²) in [6.45, 7) is 6.16. The van der Waals surface area contributed by atoms with Crippen LogP contribution >= 0.6 is 46.6 Å². The maximum atomic E-state index is 12.4. The lowest BCUT2D eigenvalue weighted by Crippen LogP contribution is -2.19. The van der Waals surface area contributed by atoms with Crippen molar-refractivity contribution in [1.82, 2.24) is 5.32 Å². The van der Waals surface area contributed by atoms with Gasteiger partial charge in [-0.05, 0) is 68.4 Å². The number of amides is 1. The lowest BCUT2D eigenvalue weighted by molar-refractivity contribution is -0.115. The molecule has 0 aliphatic carbocycles. The number of ether oxygens (including phenoxy) is 2. The molecule has 0 bridgehead atoms. The molecule has 158 valence electrons. The molecular weight excluding hydrogens is 467 g/mol. The Labute approximate surface area is 194 Å². The summed E-state index contributed by atoms with van der Waals surface area (Å²) in [5.74, 6) is 0.735. The van der Waals surface area contributed by atoms with E-state index in [2.05, 4.69) is 10.3 Å². The molecule has 1 saturated heterocycles. The fourth-order valence-electron chi connectivity index (χ4n) is 2.60. The molecule has 1 heterocycles. The molecule has 0 unspecified atom stereocenters. The summed E-state index contributed by atoms with van der Waals surface area (Å²) in [6.07, 6.45) is 1.66. The molecular formula is C21H19Cl3N2O3S. The quantitative estimate of drug-likeness (QED) is 0.461. The van der Waals surface area contributed by atoms with Gasteiger partial charge in [-0.2, -0.15) is 0 Å². The normalized spacial score (nSPS) is 16.4. The highest BCUT2D eigenvalue weighted by Gasteiger charge is 2.25. The van der Waals surface area contributed by atoms with E-state index < -0.39 is 0 Å². The standard InChI is InChI=1S/C21H19Cl3N2O3S/c1-4-28-16-9-12(8-14(23)19(16)29-11(2)3)10-17-20(27)26-21(30-17)25-15-7-5-6-13(22)18(15)24/h5-11H,4H2,1-3H3,(H,25,26,27)/b17-10+. The van der Waals surface area contributed by atoms with Crippen LogP contribution in [0.2, 0.25) is 15.1 Å². The third kappa shape index (κ3) is 5.43. The Morgan fingerprint density at radius 3 is 2.67 bits per heavy atom. The molecule has 1 fully saturated rings. The Balaban J connectivity index is 1.90. The van der Waals surface area contributed by atoms with Crippen LogP contribution in [-0.2, 0) is 4.79 Å². The van der Waals surface area contributed by atoms with E-state index in [-0.39, 0.29) is 12.0 Å².